The molecule has 0 aromatic rings. The molecule has 7 nitrogen and oxygen atoms in total. The maximum atomic E-state index is 10.2. The Morgan fingerprint density at radius 1 is 1.04 bits per heavy atom. The maximum Gasteiger partial charge on any atom is 0.173 e. The summed E-state index contributed by atoms with van der Waals surface area (Å²) in [6.45, 7) is 16.0. The molecular weight excluding hydrogens is 372 g/mol. The molecule has 0 spiro atoms. The first-order chi connectivity index (χ1) is 12.2. The van der Waals surface area contributed by atoms with Crippen LogP contribution in [0.2, 0.25) is 38.3 Å². The van der Waals surface area contributed by atoms with Crippen molar-refractivity contribution in [3.63, 3.8) is 0 Å². The lowest BCUT2D eigenvalue weighted by Gasteiger charge is -2.34. The van der Waals surface area contributed by atoms with Crippen molar-refractivity contribution in [3.8, 4) is 0 Å². The summed E-state index contributed by atoms with van der Waals surface area (Å²) in [4.78, 5) is 19.6. The van der Waals surface area contributed by atoms with Crippen LogP contribution in [-0.4, -0.2) is 55.5 Å². The van der Waals surface area contributed by atoms with E-state index in [1.807, 2.05) is 6.92 Å². The van der Waals surface area contributed by atoms with Crippen LogP contribution >= 0.6 is 0 Å². The van der Waals surface area contributed by atoms with E-state index >= 15 is 0 Å². The molecule has 0 radical (unpaired) electrons. The largest absolute Gasteiger partial charge is 0.455 e. The average molecular weight is 409 g/mol. The van der Waals surface area contributed by atoms with Crippen molar-refractivity contribution in [2.24, 2.45) is 0 Å². The molecular formula is C17H36O7Si2. The van der Waals surface area contributed by atoms with Gasteiger partial charge in [0.2, 0.25) is 0 Å². The predicted molar refractivity (Wildman–Crippen MR) is 106 cm³/mol. The van der Waals surface area contributed by atoms with Crippen LogP contribution in [0.3, 0.4) is 0 Å². The molecule has 0 heterocycles. The average Bonchev–Trinajstić information content (AvgIpc) is 2.54. The van der Waals surface area contributed by atoms with Crippen LogP contribution in [0.15, 0.2) is 12.8 Å². The van der Waals surface area contributed by atoms with Crippen molar-refractivity contribution in [2.75, 3.05) is 26.4 Å². The first-order valence-electron chi connectivity index (χ1n) is 9.11. The number of aldehydes is 1. The molecule has 9 heteroatoms. The normalized spacial score (nSPS) is 13.4. The second kappa shape index (κ2) is 14.5. The van der Waals surface area contributed by atoms with E-state index in [1.165, 1.54) is 6.26 Å². The summed E-state index contributed by atoms with van der Waals surface area (Å²) < 4.78 is 17.4. The Labute approximate surface area is 160 Å². The highest BCUT2D eigenvalue weighted by Crippen LogP contribution is 2.23. The molecule has 0 aromatic heterocycles. The zero-order valence-corrected chi connectivity index (χ0v) is 19.0. The van der Waals surface area contributed by atoms with Gasteiger partial charge in [0, 0.05) is 6.61 Å². The topological polar surface area (TPSA) is 72.5 Å². The van der Waals surface area contributed by atoms with Crippen LogP contribution in [0.25, 0.3) is 0 Å². The first kappa shape index (κ1) is 25.4. The zero-order valence-electron chi connectivity index (χ0n) is 17.0. The van der Waals surface area contributed by atoms with Gasteiger partial charge in [0.05, 0.1) is 19.3 Å². The summed E-state index contributed by atoms with van der Waals surface area (Å²) in [5.41, 5.74) is 0. The Hall–Kier alpha value is -0.556. The molecule has 0 amide bonds. The van der Waals surface area contributed by atoms with Gasteiger partial charge in [0.25, 0.3) is 0 Å². The quantitative estimate of drug-likeness (QED) is 0.0852. The molecule has 1 atom stereocenters. The highest BCUT2D eigenvalue weighted by molar-refractivity contribution is 6.84. The molecule has 0 bridgehead atoms. The van der Waals surface area contributed by atoms with Gasteiger partial charge in [0.1, 0.15) is 19.2 Å². The van der Waals surface area contributed by atoms with E-state index in [4.69, 9.17) is 18.5 Å². The van der Waals surface area contributed by atoms with Crippen molar-refractivity contribution in [3.05, 3.63) is 12.8 Å². The third kappa shape index (κ3) is 15.7. The summed E-state index contributed by atoms with van der Waals surface area (Å²) in [6, 6.07) is 2.06. The minimum atomic E-state index is -1.74. The second-order valence-electron chi connectivity index (χ2n) is 7.37. The molecule has 0 saturated carbocycles. The number of carbonyl (C=O) groups is 1. The van der Waals surface area contributed by atoms with E-state index in [-0.39, 0.29) is 12.7 Å². The molecule has 0 aromatic carbocycles. The lowest BCUT2D eigenvalue weighted by Crippen LogP contribution is -2.44. The fourth-order valence-corrected chi connectivity index (χ4v) is 11.4. The number of carbonyl (C=O) groups excluding carboxylic acids is 1. The van der Waals surface area contributed by atoms with E-state index in [9.17, 15) is 4.79 Å². The molecule has 154 valence electrons. The molecule has 0 rings (SSSR count). The third-order valence-corrected chi connectivity index (χ3v) is 11.1. The third-order valence-electron chi connectivity index (χ3n) is 3.58. The van der Waals surface area contributed by atoms with Crippen molar-refractivity contribution in [1.29, 1.82) is 0 Å². The van der Waals surface area contributed by atoms with Crippen LogP contribution in [0, 0.1) is 0 Å². The van der Waals surface area contributed by atoms with Gasteiger partial charge in [-0.1, -0.05) is 6.58 Å². The Balaban J connectivity index is 3.88. The van der Waals surface area contributed by atoms with Crippen LogP contribution in [0.5, 0.6) is 0 Å². The molecule has 1 unspecified atom stereocenters. The van der Waals surface area contributed by atoms with Gasteiger partial charge in [-0.05, 0) is 63.1 Å². The van der Waals surface area contributed by atoms with E-state index in [2.05, 4.69) is 42.7 Å². The smallest absolute Gasteiger partial charge is 0.173 e. The molecule has 0 aliphatic rings. The highest BCUT2D eigenvalue weighted by atomic mass is 28.4. The number of ether oxygens (including phenoxy) is 2. The standard InChI is InChI=1S/C17H36O7Si2/c1-7-21-23-22-12-9-15-26(5,6)24-25(3,4)14-8-11-19-16-17(2)20-13-10-18/h7,10,17H,1,8-9,11-16H2,2-6H3. The lowest BCUT2D eigenvalue weighted by molar-refractivity contribution is -0.489. The minimum absolute atomic E-state index is 0.0591. The second-order valence-corrected chi connectivity index (χ2v) is 16.2. The van der Waals surface area contributed by atoms with Gasteiger partial charge in [-0.15, -0.1) is 0 Å². The molecule has 0 fully saturated rings. The maximum absolute atomic E-state index is 10.2. The van der Waals surface area contributed by atoms with Crippen molar-refractivity contribution in [2.45, 2.75) is 64.1 Å². The number of rotatable bonds is 18. The van der Waals surface area contributed by atoms with Crippen molar-refractivity contribution >= 4 is 22.9 Å². The van der Waals surface area contributed by atoms with Gasteiger partial charge in [-0.2, -0.15) is 4.89 Å². The molecule has 26 heavy (non-hydrogen) atoms. The molecule has 0 aliphatic heterocycles. The summed E-state index contributed by atoms with van der Waals surface area (Å²) in [7, 11) is -3.46. The fourth-order valence-electron chi connectivity index (χ4n) is 2.60. The SMILES string of the molecule is C=COOOCCC[Si](C)(C)O[Si](C)(C)CCCOCC(C)OCC=O. The Bertz CT molecular complexity index is 378. The highest BCUT2D eigenvalue weighted by Gasteiger charge is 2.32. The van der Waals surface area contributed by atoms with Crippen LogP contribution in [-0.2, 0) is 33.2 Å². The molecule has 0 aliphatic carbocycles. The van der Waals surface area contributed by atoms with Gasteiger partial charge in [-0.3, -0.25) is 0 Å². The lowest BCUT2D eigenvalue weighted by atomic mass is 10.4. The molecule has 0 N–H and O–H groups in total. The van der Waals surface area contributed by atoms with Gasteiger partial charge < -0.3 is 23.3 Å². The number of hydrogen-bond acceptors (Lipinski definition) is 7. The van der Waals surface area contributed by atoms with Crippen LogP contribution in [0.4, 0.5) is 0 Å². The monoisotopic (exact) mass is 408 g/mol. The van der Waals surface area contributed by atoms with Gasteiger partial charge >= 0.3 is 0 Å². The Kier molecular flexibility index (Phi) is 14.2. The Morgan fingerprint density at radius 3 is 2.23 bits per heavy atom. The van der Waals surface area contributed by atoms with E-state index in [1.54, 1.807) is 0 Å². The number of hydrogen-bond donors (Lipinski definition) is 0. The van der Waals surface area contributed by atoms with Gasteiger partial charge in [0.15, 0.2) is 16.6 Å². The summed E-state index contributed by atoms with van der Waals surface area (Å²) in [5.74, 6) is 0. The van der Waals surface area contributed by atoms with E-state index < -0.39 is 16.6 Å². The summed E-state index contributed by atoms with van der Waals surface area (Å²) in [6.07, 6.45) is 3.70. The zero-order chi connectivity index (χ0) is 19.9. The van der Waals surface area contributed by atoms with Crippen molar-refractivity contribution in [1.82, 2.24) is 0 Å². The minimum Gasteiger partial charge on any atom is -0.455 e. The Morgan fingerprint density at radius 2 is 1.65 bits per heavy atom. The van der Waals surface area contributed by atoms with E-state index in [0.717, 1.165) is 31.2 Å². The fraction of sp³-hybridized carbons (Fsp3) is 0.824. The van der Waals surface area contributed by atoms with Gasteiger partial charge in [-0.25, -0.2) is 0 Å². The van der Waals surface area contributed by atoms with Crippen LogP contribution < -0.4 is 0 Å². The molecule has 0 saturated heterocycles. The summed E-state index contributed by atoms with van der Waals surface area (Å²) in [5, 5.41) is 4.44. The summed E-state index contributed by atoms with van der Waals surface area (Å²) >= 11 is 0. The van der Waals surface area contributed by atoms with E-state index in [0.29, 0.717) is 19.8 Å². The van der Waals surface area contributed by atoms with Crippen molar-refractivity contribution < 1.29 is 33.2 Å². The predicted octanol–water partition coefficient (Wildman–Crippen LogP) is 3.84. The first-order valence-corrected chi connectivity index (χ1v) is 15.3. The van der Waals surface area contributed by atoms with Crippen LogP contribution in [0.1, 0.15) is 19.8 Å².